The number of hydrogen-bond acceptors (Lipinski definition) is 2. The highest BCUT2D eigenvalue weighted by Gasteiger charge is 2.19. The Kier molecular flexibility index (Phi) is 6.44. The number of rotatable bonds is 6. The molecule has 0 aliphatic rings. The zero-order valence-electron chi connectivity index (χ0n) is 13.4. The zero-order valence-corrected chi connectivity index (χ0v) is 14.2. The lowest BCUT2D eigenvalue weighted by atomic mass is 10.1. The van der Waals surface area contributed by atoms with Crippen molar-refractivity contribution in [1.29, 1.82) is 0 Å². The largest absolute Gasteiger partial charge is 0.348 e. The molecule has 0 radical (unpaired) electrons. The quantitative estimate of drug-likeness (QED) is 0.735. The fraction of sp³-hybridized carbons (Fsp3) is 0.278. The second-order valence-corrected chi connectivity index (χ2v) is 5.62. The third kappa shape index (κ3) is 4.98. The number of carbonyl (C=O) groups is 1. The number of halogens is 1. The van der Waals surface area contributed by atoms with Crippen molar-refractivity contribution in [2.75, 3.05) is 25.6 Å². The molecule has 0 aliphatic carbocycles. The van der Waals surface area contributed by atoms with Crippen LogP contribution < -0.4 is 4.90 Å². The average molecular weight is 333 g/mol. The fourth-order valence-corrected chi connectivity index (χ4v) is 2.41. The third-order valence-corrected chi connectivity index (χ3v) is 3.85. The van der Waals surface area contributed by atoms with Gasteiger partial charge in [0.25, 0.3) is 0 Å². The molecule has 0 heterocycles. The summed E-state index contributed by atoms with van der Waals surface area (Å²) < 4.78 is 0. The van der Waals surface area contributed by atoms with Crippen LogP contribution in [0.15, 0.2) is 54.6 Å². The molecule has 0 saturated carbocycles. The first-order valence-electron chi connectivity index (χ1n) is 7.50. The van der Waals surface area contributed by atoms with Crippen LogP contribution in [0.5, 0.6) is 0 Å². The topological polar surface area (TPSA) is 32.8 Å². The van der Waals surface area contributed by atoms with E-state index in [1.54, 1.807) is 11.9 Å². The Morgan fingerprint density at radius 2 is 1.74 bits per heavy atom. The fourth-order valence-electron chi connectivity index (χ4n) is 2.28. The van der Waals surface area contributed by atoms with Crippen molar-refractivity contribution in [3.8, 4) is 0 Å². The van der Waals surface area contributed by atoms with Crippen LogP contribution in [0.2, 0.25) is 5.02 Å². The molecule has 2 aromatic carbocycles. The maximum atomic E-state index is 12.5. The molecule has 122 valence electrons. The van der Waals surface area contributed by atoms with E-state index in [0.717, 1.165) is 23.6 Å². The Hall–Kier alpha value is -2.04. The number of benzene rings is 2. The van der Waals surface area contributed by atoms with Crippen LogP contribution in [0, 0.1) is 0 Å². The van der Waals surface area contributed by atoms with Crippen molar-refractivity contribution in [1.82, 2.24) is 5.06 Å². The van der Waals surface area contributed by atoms with Crippen molar-refractivity contribution in [2.24, 2.45) is 0 Å². The van der Waals surface area contributed by atoms with Crippen molar-refractivity contribution in [3.63, 3.8) is 0 Å². The van der Waals surface area contributed by atoms with E-state index in [1.807, 2.05) is 54.6 Å². The lowest BCUT2D eigenvalue weighted by Crippen LogP contribution is -2.41. The van der Waals surface area contributed by atoms with Crippen LogP contribution in [0.4, 0.5) is 10.5 Å². The van der Waals surface area contributed by atoms with Crippen LogP contribution in [0.1, 0.15) is 12.0 Å². The van der Waals surface area contributed by atoms with E-state index in [4.69, 9.17) is 16.4 Å². The van der Waals surface area contributed by atoms with Crippen LogP contribution in [-0.4, -0.2) is 31.8 Å². The Morgan fingerprint density at radius 3 is 2.35 bits per heavy atom. The van der Waals surface area contributed by atoms with Crippen LogP contribution in [-0.2, 0) is 11.3 Å². The maximum absolute atomic E-state index is 12.5. The first-order chi connectivity index (χ1) is 11.1. The predicted octanol–water partition coefficient (Wildman–Crippen LogP) is 4.39. The highest BCUT2D eigenvalue weighted by atomic mass is 35.5. The lowest BCUT2D eigenvalue weighted by molar-refractivity contribution is -0.0622. The number of nitrogens with zero attached hydrogens (tertiary/aromatic N) is 2. The number of para-hydroxylation sites is 1. The highest BCUT2D eigenvalue weighted by Crippen LogP contribution is 2.17. The van der Waals surface area contributed by atoms with E-state index in [2.05, 4.69) is 0 Å². The van der Waals surface area contributed by atoms with Crippen molar-refractivity contribution in [3.05, 3.63) is 65.2 Å². The number of aryl methyl sites for hydroxylation is 1. The van der Waals surface area contributed by atoms with E-state index in [9.17, 15) is 4.79 Å². The summed E-state index contributed by atoms with van der Waals surface area (Å²) in [6, 6.07) is 17.2. The molecule has 0 aromatic heterocycles. The molecule has 0 unspecified atom stereocenters. The maximum Gasteiger partial charge on any atom is 0.348 e. The summed E-state index contributed by atoms with van der Waals surface area (Å²) >= 11 is 5.90. The van der Waals surface area contributed by atoms with Crippen molar-refractivity contribution >= 4 is 23.3 Å². The monoisotopic (exact) mass is 332 g/mol. The van der Waals surface area contributed by atoms with Gasteiger partial charge in [0.1, 0.15) is 0 Å². The number of carbonyl (C=O) groups excluding carboxylic acids is 1. The Bertz CT molecular complexity index is 617. The van der Waals surface area contributed by atoms with Gasteiger partial charge >= 0.3 is 6.03 Å². The van der Waals surface area contributed by atoms with E-state index in [0.29, 0.717) is 6.54 Å². The summed E-state index contributed by atoms with van der Waals surface area (Å²) in [6.07, 6.45) is 1.73. The molecule has 0 atom stereocenters. The molecule has 23 heavy (non-hydrogen) atoms. The smallest absolute Gasteiger partial charge is 0.293 e. The molecule has 2 aromatic rings. The summed E-state index contributed by atoms with van der Waals surface area (Å²) in [4.78, 5) is 19.2. The molecule has 2 amide bonds. The summed E-state index contributed by atoms with van der Waals surface area (Å²) in [5, 5.41) is 1.96. The molecule has 2 rings (SSSR count). The Labute approximate surface area is 142 Å². The number of urea groups is 1. The molecule has 4 nitrogen and oxygen atoms in total. The molecule has 0 spiro atoms. The molecule has 0 saturated heterocycles. The van der Waals surface area contributed by atoms with E-state index in [-0.39, 0.29) is 6.03 Å². The molecular formula is C18H21ClN2O2. The molecule has 0 fully saturated rings. The predicted molar refractivity (Wildman–Crippen MR) is 93.7 cm³/mol. The van der Waals surface area contributed by atoms with Gasteiger partial charge in [-0.3, -0.25) is 9.74 Å². The van der Waals surface area contributed by atoms with Gasteiger partial charge in [-0.1, -0.05) is 41.9 Å². The van der Waals surface area contributed by atoms with Crippen LogP contribution in [0.25, 0.3) is 0 Å². The van der Waals surface area contributed by atoms with Gasteiger partial charge in [-0.2, -0.15) is 0 Å². The van der Waals surface area contributed by atoms with Crippen molar-refractivity contribution < 1.29 is 9.63 Å². The second kappa shape index (κ2) is 8.56. The Morgan fingerprint density at radius 1 is 1.09 bits per heavy atom. The standard InChI is InChI=1S/C18H21ClN2O2/c1-20(23-2)18(22)21(17-8-4-3-5-9-17)14-6-7-15-10-12-16(19)13-11-15/h3-5,8-13H,6-7,14H2,1-2H3. The van der Waals surface area contributed by atoms with Crippen LogP contribution >= 0.6 is 11.6 Å². The highest BCUT2D eigenvalue weighted by molar-refractivity contribution is 6.30. The van der Waals surface area contributed by atoms with Gasteiger partial charge in [0.2, 0.25) is 0 Å². The molecule has 5 heteroatoms. The van der Waals surface area contributed by atoms with Gasteiger partial charge in [0.15, 0.2) is 0 Å². The van der Waals surface area contributed by atoms with Crippen LogP contribution in [0.3, 0.4) is 0 Å². The van der Waals surface area contributed by atoms with Gasteiger partial charge in [-0.05, 0) is 42.7 Å². The zero-order chi connectivity index (χ0) is 16.7. The Balaban J connectivity index is 2.03. The van der Waals surface area contributed by atoms with Crippen molar-refractivity contribution in [2.45, 2.75) is 12.8 Å². The normalized spacial score (nSPS) is 10.4. The number of hydroxylamine groups is 2. The minimum absolute atomic E-state index is 0.185. The summed E-state index contributed by atoms with van der Waals surface area (Å²) in [5.74, 6) is 0. The summed E-state index contributed by atoms with van der Waals surface area (Å²) in [7, 11) is 3.09. The minimum atomic E-state index is -0.185. The molecule has 0 bridgehead atoms. The van der Waals surface area contributed by atoms with Gasteiger partial charge < -0.3 is 0 Å². The minimum Gasteiger partial charge on any atom is -0.293 e. The van der Waals surface area contributed by atoms with E-state index < -0.39 is 0 Å². The lowest BCUT2D eigenvalue weighted by Gasteiger charge is -2.26. The van der Waals surface area contributed by atoms with E-state index in [1.165, 1.54) is 17.7 Å². The summed E-state index contributed by atoms with van der Waals surface area (Å²) in [5.41, 5.74) is 2.06. The third-order valence-electron chi connectivity index (χ3n) is 3.60. The first kappa shape index (κ1) is 17.3. The summed E-state index contributed by atoms with van der Waals surface area (Å²) in [6.45, 7) is 0.610. The van der Waals surface area contributed by atoms with Gasteiger partial charge in [0, 0.05) is 24.3 Å². The van der Waals surface area contributed by atoms with Gasteiger partial charge in [0.05, 0.1) is 7.11 Å². The molecule has 0 N–H and O–H groups in total. The van der Waals surface area contributed by atoms with Gasteiger partial charge in [-0.25, -0.2) is 9.86 Å². The second-order valence-electron chi connectivity index (χ2n) is 5.18. The molecular weight excluding hydrogens is 312 g/mol. The molecule has 0 aliphatic heterocycles. The van der Waals surface area contributed by atoms with Gasteiger partial charge in [-0.15, -0.1) is 0 Å². The first-order valence-corrected chi connectivity index (χ1v) is 7.88. The van der Waals surface area contributed by atoms with E-state index >= 15 is 0 Å². The SMILES string of the molecule is CON(C)C(=O)N(CCCc1ccc(Cl)cc1)c1ccccc1. The number of amides is 2. The average Bonchev–Trinajstić information content (AvgIpc) is 2.60. The number of hydrogen-bond donors (Lipinski definition) is 0. The number of anilines is 1.